The van der Waals surface area contributed by atoms with Gasteiger partial charge in [0, 0.05) is 11.1 Å². The van der Waals surface area contributed by atoms with Crippen LogP contribution in [0.15, 0.2) is 96.1 Å². The molecule has 6 nitrogen and oxygen atoms in total. The summed E-state index contributed by atoms with van der Waals surface area (Å²) in [4.78, 5) is 24.8. The zero-order valence-electron chi connectivity index (χ0n) is 16.4. The fourth-order valence-electron chi connectivity index (χ4n) is 3.06. The molecule has 2 N–H and O–H groups in total. The quantitative estimate of drug-likeness (QED) is 0.219. The summed E-state index contributed by atoms with van der Waals surface area (Å²) in [6.07, 6.45) is 1.45. The molecule has 0 fully saturated rings. The van der Waals surface area contributed by atoms with Gasteiger partial charge in [-0.05, 0) is 53.2 Å². The number of rotatable bonds is 5. The standard InChI is InChI=1S/C25H18N2O4/c28-20-13-10-18(11-14-20)24(29)27-26-16-22-21-9-5-4-6-17(21)12-15-23(22)31-25(30)19-7-2-1-3-8-19/h1-16,28H,(H,27,29). The second-order valence-electron chi connectivity index (χ2n) is 6.70. The van der Waals surface area contributed by atoms with Gasteiger partial charge in [0.15, 0.2) is 0 Å². The molecule has 4 aromatic rings. The number of carbonyl (C=O) groups is 2. The second-order valence-corrected chi connectivity index (χ2v) is 6.70. The Morgan fingerprint density at radius 2 is 1.52 bits per heavy atom. The molecular formula is C25H18N2O4. The molecule has 0 unspecified atom stereocenters. The topological polar surface area (TPSA) is 88.0 Å². The van der Waals surface area contributed by atoms with E-state index in [1.165, 1.54) is 30.5 Å². The van der Waals surface area contributed by atoms with E-state index in [2.05, 4.69) is 10.5 Å². The van der Waals surface area contributed by atoms with Crippen molar-refractivity contribution in [2.75, 3.05) is 0 Å². The molecule has 152 valence electrons. The maximum absolute atomic E-state index is 12.5. The largest absolute Gasteiger partial charge is 0.508 e. The highest BCUT2D eigenvalue weighted by Gasteiger charge is 2.13. The first-order valence-corrected chi connectivity index (χ1v) is 9.53. The molecule has 0 heterocycles. The van der Waals surface area contributed by atoms with E-state index in [1.54, 1.807) is 30.3 Å². The minimum absolute atomic E-state index is 0.0701. The molecule has 4 aromatic carbocycles. The van der Waals surface area contributed by atoms with E-state index in [0.717, 1.165) is 10.8 Å². The fraction of sp³-hybridized carbons (Fsp3) is 0. The minimum Gasteiger partial charge on any atom is -0.508 e. The Hall–Kier alpha value is -4.45. The number of benzene rings is 4. The number of hydrogen-bond acceptors (Lipinski definition) is 5. The summed E-state index contributed by atoms with van der Waals surface area (Å²) in [6.45, 7) is 0. The van der Waals surface area contributed by atoms with Gasteiger partial charge in [-0.1, -0.05) is 48.5 Å². The average molecular weight is 410 g/mol. The number of esters is 1. The molecule has 4 rings (SSSR count). The molecular weight excluding hydrogens is 392 g/mol. The lowest BCUT2D eigenvalue weighted by molar-refractivity contribution is 0.0734. The van der Waals surface area contributed by atoms with Gasteiger partial charge < -0.3 is 9.84 Å². The predicted octanol–water partition coefficient (Wildman–Crippen LogP) is 4.53. The van der Waals surface area contributed by atoms with Crippen LogP contribution < -0.4 is 10.2 Å². The van der Waals surface area contributed by atoms with Crippen molar-refractivity contribution in [2.24, 2.45) is 5.10 Å². The number of phenols is 1. The Balaban J connectivity index is 1.62. The van der Waals surface area contributed by atoms with Gasteiger partial charge in [0.25, 0.3) is 5.91 Å². The molecule has 0 spiro atoms. The van der Waals surface area contributed by atoms with E-state index in [0.29, 0.717) is 22.4 Å². The normalized spacial score (nSPS) is 10.8. The van der Waals surface area contributed by atoms with Crippen molar-refractivity contribution in [3.63, 3.8) is 0 Å². The van der Waals surface area contributed by atoms with Crippen LogP contribution in [-0.4, -0.2) is 23.2 Å². The fourth-order valence-corrected chi connectivity index (χ4v) is 3.06. The molecule has 0 aromatic heterocycles. The first kappa shape index (κ1) is 19.8. The van der Waals surface area contributed by atoms with E-state index in [4.69, 9.17) is 4.74 Å². The van der Waals surface area contributed by atoms with Crippen LogP contribution in [0.4, 0.5) is 0 Å². The first-order chi connectivity index (χ1) is 15.1. The molecule has 1 amide bonds. The minimum atomic E-state index is -0.487. The summed E-state index contributed by atoms with van der Waals surface area (Å²) in [7, 11) is 0. The van der Waals surface area contributed by atoms with Crippen LogP contribution in [0.3, 0.4) is 0 Å². The van der Waals surface area contributed by atoms with Gasteiger partial charge in [0.05, 0.1) is 11.8 Å². The number of hydrazone groups is 1. The van der Waals surface area contributed by atoms with Crippen LogP contribution >= 0.6 is 0 Å². The van der Waals surface area contributed by atoms with Crippen LogP contribution in [0.2, 0.25) is 0 Å². The van der Waals surface area contributed by atoms with Crippen molar-refractivity contribution >= 4 is 28.9 Å². The molecule has 0 saturated carbocycles. The number of hydrogen-bond donors (Lipinski definition) is 2. The van der Waals surface area contributed by atoms with E-state index in [9.17, 15) is 14.7 Å². The summed E-state index contributed by atoms with van der Waals surface area (Å²) in [5.74, 6) is -0.520. The number of nitrogens with zero attached hydrogens (tertiary/aromatic N) is 1. The lowest BCUT2D eigenvalue weighted by Crippen LogP contribution is -2.17. The molecule has 31 heavy (non-hydrogen) atoms. The van der Waals surface area contributed by atoms with Gasteiger partial charge in [-0.25, -0.2) is 10.2 Å². The maximum atomic E-state index is 12.5. The smallest absolute Gasteiger partial charge is 0.343 e. The Morgan fingerprint density at radius 3 is 2.29 bits per heavy atom. The van der Waals surface area contributed by atoms with Gasteiger partial charge >= 0.3 is 5.97 Å². The van der Waals surface area contributed by atoms with E-state index in [1.807, 2.05) is 36.4 Å². The number of phenolic OH excluding ortho intramolecular Hbond substituents is 1. The van der Waals surface area contributed by atoms with Crippen LogP contribution in [-0.2, 0) is 0 Å². The number of ether oxygens (including phenoxy) is 1. The maximum Gasteiger partial charge on any atom is 0.343 e. The number of carbonyl (C=O) groups excluding carboxylic acids is 2. The summed E-state index contributed by atoms with van der Waals surface area (Å²) < 4.78 is 5.62. The van der Waals surface area contributed by atoms with Crippen molar-refractivity contribution < 1.29 is 19.4 Å². The molecule has 0 saturated heterocycles. The number of fused-ring (bicyclic) bond motifs is 1. The zero-order valence-corrected chi connectivity index (χ0v) is 16.4. The lowest BCUT2D eigenvalue weighted by Gasteiger charge is -2.10. The van der Waals surface area contributed by atoms with E-state index >= 15 is 0 Å². The van der Waals surface area contributed by atoms with Crippen LogP contribution in [0.5, 0.6) is 11.5 Å². The van der Waals surface area contributed by atoms with Gasteiger partial charge in [0.1, 0.15) is 11.5 Å². The van der Waals surface area contributed by atoms with Crippen LogP contribution in [0, 0.1) is 0 Å². The highest BCUT2D eigenvalue weighted by molar-refractivity contribution is 6.04. The molecule has 0 bridgehead atoms. The molecule has 0 aliphatic carbocycles. The third-order valence-electron chi connectivity index (χ3n) is 4.63. The SMILES string of the molecule is O=C(NN=Cc1c(OC(=O)c2ccccc2)ccc2ccccc12)c1ccc(O)cc1. The van der Waals surface area contributed by atoms with Gasteiger partial charge in [-0.3, -0.25) is 4.79 Å². The van der Waals surface area contributed by atoms with Crippen molar-refractivity contribution in [2.45, 2.75) is 0 Å². The summed E-state index contributed by atoms with van der Waals surface area (Å²) in [6, 6.07) is 25.7. The Morgan fingerprint density at radius 1 is 0.806 bits per heavy atom. The number of amides is 1. The average Bonchev–Trinajstić information content (AvgIpc) is 2.81. The predicted molar refractivity (Wildman–Crippen MR) is 119 cm³/mol. The monoisotopic (exact) mass is 410 g/mol. The van der Waals surface area contributed by atoms with Crippen molar-refractivity contribution in [1.29, 1.82) is 0 Å². The van der Waals surface area contributed by atoms with Gasteiger partial charge in [-0.15, -0.1) is 0 Å². The first-order valence-electron chi connectivity index (χ1n) is 9.53. The van der Waals surface area contributed by atoms with E-state index in [-0.39, 0.29) is 5.75 Å². The molecule has 0 aliphatic heterocycles. The second kappa shape index (κ2) is 8.92. The van der Waals surface area contributed by atoms with E-state index < -0.39 is 11.9 Å². The van der Waals surface area contributed by atoms with Gasteiger partial charge in [0.2, 0.25) is 0 Å². The lowest BCUT2D eigenvalue weighted by atomic mass is 10.0. The highest BCUT2D eigenvalue weighted by Crippen LogP contribution is 2.27. The van der Waals surface area contributed by atoms with Gasteiger partial charge in [-0.2, -0.15) is 5.10 Å². The highest BCUT2D eigenvalue weighted by atomic mass is 16.5. The summed E-state index contributed by atoms with van der Waals surface area (Å²) in [5, 5.41) is 15.2. The van der Waals surface area contributed by atoms with Crippen molar-refractivity contribution in [1.82, 2.24) is 5.43 Å². The van der Waals surface area contributed by atoms with Crippen LogP contribution in [0.1, 0.15) is 26.3 Å². The molecule has 6 heteroatoms. The summed E-state index contributed by atoms with van der Waals surface area (Å²) in [5.41, 5.74) is 3.80. The Bertz CT molecular complexity index is 1270. The zero-order chi connectivity index (χ0) is 21.6. The Kier molecular flexibility index (Phi) is 5.71. The summed E-state index contributed by atoms with van der Waals surface area (Å²) >= 11 is 0. The van der Waals surface area contributed by atoms with Crippen LogP contribution in [0.25, 0.3) is 10.8 Å². The number of nitrogens with one attached hydrogen (secondary N) is 1. The van der Waals surface area contributed by atoms with Crippen molar-refractivity contribution in [3.05, 3.63) is 108 Å². The molecule has 0 radical (unpaired) electrons. The molecule has 0 atom stereocenters. The third-order valence-corrected chi connectivity index (χ3v) is 4.63. The molecule has 0 aliphatic rings. The Labute approximate surface area is 178 Å². The van der Waals surface area contributed by atoms with Crippen molar-refractivity contribution in [3.8, 4) is 11.5 Å². The third kappa shape index (κ3) is 4.59. The number of aromatic hydroxyl groups is 1.